The van der Waals surface area contributed by atoms with Gasteiger partial charge >= 0.3 is 0 Å². The molecule has 0 saturated carbocycles. The molecule has 0 radical (unpaired) electrons. The summed E-state index contributed by atoms with van der Waals surface area (Å²) in [6.45, 7) is 0. The molecule has 0 spiro atoms. The maximum Gasteiger partial charge on any atom is 0.220 e. The monoisotopic (exact) mass is 140 g/mol. The second kappa shape index (κ2) is 2.67. The molecule has 0 bridgehead atoms. The van der Waals surface area contributed by atoms with Crippen LogP contribution in [0.1, 0.15) is 12.8 Å². The third kappa shape index (κ3) is 1.25. The Bertz CT molecular complexity index is 185. The summed E-state index contributed by atoms with van der Waals surface area (Å²) in [7, 11) is 0. The van der Waals surface area contributed by atoms with Gasteiger partial charge in [0.05, 0.1) is 12.1 Å². The van der Waals surface area contributed by atoms with E-state index in [4.69, 9.17) is 10.4 Å². The first-order valence-corrected chi connectivity index (χ1v) is 3.11. The number of aliphatic hydroxyl groups is 1. The molecule has 1 saturated heterocycles. The first-order valence-electron chi connectivity index (χ1n) is 3.11. The second-order valence-corrected chi connectivity index (χ2v) is 2.29. The van der Waals surface area contributed by atoms with Crippen LogP contribution in [0.2, 0.25) is 0 Å². The number of hydrogen-bond acceptors (Lipinski definition) is 3. The largest absolute Gasteiger partial charge is 0.376 e. The van der Waals surface area contributed by atoms with Crippen molar-refractivity contribution in [2.24, 2.45) is 0 Å². The number of nitrogens with one attached hydrogen (secondary N) is 1. The number of nitrogens with zero attached hydrogens (tertiary/aromatic N) is 1. The molecule has 10 heavy (non-hydrogen) atoms. The fourth-order valence-corrected chi connectivity index (χ4v) is 0.964. The molecule has 1 heterocycles. The summed E-state index contributed by atoms with van der Waals surface area (Å²) in [5, 5.41) is 19.6. The Morgan fingerprint density at radius 1 is 1.90 bits per heavy atom. The van der Waals surface area contributed by atoms with Crippen LogP contribution in [0.3, 0.4) is 0 Å². The SMILES string of the molecule is N#CC(O)C1CCC(=O)N1. The molecule has 0 aromatic rings. The van der Waals surface area contributed by atoms with Gasteiger partial charge in [-0.1, -0.05) is 0 Å². The van der Waals surface area contributed by atoms with E-state index >= 15 is 0 Å². The van der Waals surface area contributed by atoms with Crippen molar-refractivity contribution in [3.05, 3.63) is 0 Å². The number of rotatable bonds is 1. The fraction of sp³-hybridized carbons (Fsp3) is 0.667. The van der Waals surface area contributed by atoms with Gasteiger partial charge < -0.3 is 10.4 Å². The van der Waals surface area contributed by atoms with Crippen LogP contribution in [-0.4, -0.2) is 23.2 Å². The van der Waals surface area contributed by atoms with Crippen LogP contribution in [0.5, 0.6) is 0 Å². The van der Waals surface area contributed by atoms with Crippen LogP contribution >= 0.6 is 0 Å². The van der Waals surface area contributed by atoms with Crippen molar-refractivity contribution < 1.29 is 9.90 Å². The average molecular weight is 140 g/mol. The van der Waals surface area contributed by atoms with E-state index in [0.717, 1.165) is 0 Å². The molecular formula is C6H8N2O2. The second-order valence-electron chi connectivity index (χ2n) is 2.29. The lowest BCUT2D eigenvalue weighted by atomic mass is 10.1. The highest BCUT2D eigenvalue weighted by atomic mass is 16.3. The molecule has 0 aromatic carbocycles. The third-order valence-electron chi connectivity index (χ3n) is 1.54. The predicted molar refractivity (Wildman–Crippen MR) is 32.8 cm³/mol. The molecular weight excluding hydrogens is 132 g/mol. The van der Waals surface area contributed by atoms with Crippen molar-refractivity contribution in [2.75, 3.05) is 0 Å². The van der Waals surface area contributed by atoms with Crippen molar-refractivity contribution in [2.45, 2.75) is 25.0 Å². The lowest BCUT2D eigenvalue weighted by Crippen LogP contribution is -2.35. The van der Waals surface area contributed by atoms with E-state index in [1.54, 1.807) is 6.07 Å². The van der Waals surface area contributed by atoms with Crippen LogP contribution < -0.4 is 5.32 Å². The molecule has 2 atom stereocenters. The van der Waals surface area contributed by atoms with Crippen molar-refractivity contribution in [1.29, 1.82) is 5.26 Å². The maximum atomic E-state index is 10.5. The fourth-order valence-electron chi connectivity index (χ4n) is 0.964. The van der Waals surface area contributed by atoms with Crippen molar-refractivity contribution >= 4 is 5.91 Å². The first kappa shape index (κ1) is 7.03. The smallest absolute Gasteiger partial charge is 0.220 e. The normalized spacial score (nSPS) is 27.2. The van der Waals surface area contributed by atoms with E-state index in [1.807, 2.05) is 0 Å². The summed E-state index contributed by atoms with van der Waals surface area (Å²) in [5.41, 5.74) is 0. The number of carbonyl (C=O) groups excluding carboxylic acids is 1. The Hall–Kier alpha value is -1.08. The van der Waals surface area contributed by atoms with Gasteiger partial charge in [-0.25, -0.2) is 0 Å². The van der Waals surface area contributed by atoms with Gasteiger partial charge in [0.2, 0.25) is 5.91 Å². The summed E-state index contributed by atoms with van der Waals surface area (Å²) in [5.74, 6) is -0.0840. The summed E-state index contributed by atoms with van der Waals surface area (Å²) in [6, 6.07) is 1.32. The molecule has 54 valence electrons. The number of carbonyl (C=O) groups is 1. The van der Waals surface area contributed by atoms with E-state index in [9.17, 15) is 4.79 Å². The number of aliphatic hydroxyl groups excluding tert-OH is 1. The zero-order valence-corrected chi connectivity index (χ0v) is 5.37. The van der Waals surface area contributed by atoms with E-state index in [1.165, 1.54) is 0 Å². The van der Waals surface area contributed by atoms with Crippen LogP contribution in [0, 0.1) is 11.3 Å². The molecule has 4 heteroatoms. The molecule has 1 aliphatic heterocycles. The molecule has 2 N–H and O–H groups in total. The summed E-state index contributed by atoms with van der Waals surface area (Å²) >= 11 is 0. The Balaban J connectivity index is 2.46. The van der Waals surface area contributed by atoms with Crippen LogP contribution in [0.15, 0.2) is 0 Å². The zero-order valence-electron chi connectivity index (χ0n) is 5.37. The molecule has 0 aliphatic carbocycles. The predicted octanol–water partition coefficient (Wildman–Crippen LogP) is -0.851. The highest BCUT2D eigenvalue weighted by Gasteiger charge is 2.26. The lowest BCUT2D eigenvalue weighted by Gasteiger charge is -2.09. The van der Waals surface area contributed by atoms with Gasteiger partial charge in [0.15, 0.2) is 6.10 Å². The minimum atomic E-state index is -1.05. The molecule has 2 unspecified atom stereocenters. The van der Waals surface area contributed by atoms with E-state index in [0.29, 0.717) is 12.8 Å². The number of hydrogen-bond donors (Lipinski definition) is 2. The number of nitriles is 1. The zero-order chi connectivity index (χ0) is 7.56. The highest BCUT2D eigenvalue weighted by molar-refractivity contribution is 5.78. The number of amides is 1. The average Bonchev–Trinajstić information content (AvgIpc) is 2.34. The third-order valence-corrected chi connectivity index (χ3v) is 1.54. The Morgan fingerprint density at radius 2 is 2.60 bits per heavy atom. The highest BCUT2D eigenvalue weighted by Crippen LogP contribution is 2.09. The van der Waals surface area contributed by atoms with Gasteiger partial charge in [-0.3, -0.25) is 4.79 Å². The van der Waals surface area contributed by atoms with Gasteiger partial charge in [-0.15, -0.1) is 0 Å². The quantitative estimate of drug-likeness (QED) is 0.466. The minimum absolute atomic E-state index is 0.0840. The summed E-state index contributed by atoms with van der Waals surface area (Å²) in [4.78, 5) is 10.5. The van der Waals surface area contributed by atoms with E-state index in [2.05, 4.69) is 5.32 Å². The molecule has 0 aromatic heterocycles. The van der Waals surface area contributed by atoms with Crippen molar-refractivity contribution in [1.82, 2.24) is 5.32 Å². The topological polar surface area (TPSA) is 73.1 Å². The standard InChI is InChI=1S/C6H8N2O2/c7-3-5(9)4-1-2-6(10)8-4/h4-5,9H,1-2H2,(H,8,10). The van der Waals surface area contributed by atoms with Gasteiger partial charge in [0.25, 0.3) is 0 Å². The Morgan fingerprint density at radius 3 is 3.00 bits per heavy atom. The minimum Gasteiger partial charge on any atom is -0.376 e. The van der Waals surface area contributed by atoms with Crippen LogP contribution in [-0.2, 0) is 4.79 Å². The lowest BCUT2D eigenvalue weighted by molar-refractivity contribution is -0.119. The summed E-state index contributed by atoms with van der Waals surface area (Å²) < 4.78 is 0. The van der Waals surface area contributed by atoms with Crippen molar-refractivity contribution in [3.63, 3.8) is 0 Å². The van der Waals surface area contributed by atoms with Gasteiger partial charge in [0, 0.05) is 6.42 Å². The van der Waals surface area contributed by atoms with Crippen LogP contribution in [0.4, 0.5) is 0 Å². The van der Waals surface area contributed by atoms with Crippen molar-refractivity contribution in [3.8, 4) is 6.07 Å². The van der Waals surface area contributed by atoms with E-state index in [-0.39, 0.29) is 11.9 Å². The van der Waals surface area contributed by atoms with Crippen LogP contribution in [0.25, 0.3) is 0 Å². The van der Waals surface area contributed by atoms with Gasteiger partial charge in [-0.2, -0.15) is 5.26 Å². The van der Waals surface area contributed by atoms with Gasteiger partial charge in [0.1, 0.15) is 0 Å². The Labute approximate surface area is 58.5 Å². The van der Waals surface area contributed by atoms with E-state index < -0.39 is 6.10 Å². The first-order chi connectivity index (χ1) is 4.74. The summed E-state index contributed by atoms with van der Waals surface area (Å²) in [6.07, 6.45) is -0.0665. The van der Waals surface area contributed by atoms with Gasteiger partial charge in [-0.05, 0) is 6.42 Å². The molecule has 1 amide bonds. The molecule has 1 rings (SSSR count). The molecule has 4 nitrogen and oxygen atoms in total. The molecule has 1 aliphatic rings. The molecule has 1 fully saturated rings. The Kier molecular flexibility index (Phi) is 1.88. The maximum absolute atomic E-state index is 10.5.